The summed E-state index contributed by atoms with van der Waals surface area (Å²) in [7, 11) is 1.38. The molecule has 0 aromatic heterocycles. The molecule has 0 fully saturated rings. The zero-order valence-electron chi connectivity index (χ0n) is 18.5. The van der Waals surface area contributed by atoms with E-state index in [0.717, 1.165) is 6.08 Å². The van der Waals surface area contributed by atoms with Gasteiger partial charge in [0.25, 0.3) is 5.91 Å². The second kappa shape index (κ2) is 11.1. The van der Waals surface area contributed by atoms with Gasteiger partial charge in [0.05, 0.1) is 0 Å². The number of carbonyl (C=O) groups is 3. The van der Waals surface area contributed by atoms with Gasteiger partial charge in [0.1, 0.15) is 11.9 Å². The van der Waals surface area contributed by atoms with E-state index in [4.69, 9.17) is 14.7 Å². The van der Waals surface area contributed by atoms with E-state index in [-0.39, 0.29) is 11.5 Å². The van der Waals surface area contributed by atoms with E-state index in [0.29, 0.717) is 27.6 Å². The number of anilines is 1. The van der Waals surface area contributed by atoms with Crippen molar-refractivity contribution in [2.75, 3.05) is 12.4 Å². The Bertz CT molecular complexity index is 1220. The normalized spacial score (nSPS) is 12.8. The van der Waals surface area contributed by atoms with E-state index in [2.05, 4.69) is 5.32 Å². The van der Waals surface area contributed by atoms with E-state index in [9.17, 15) is 19.5 Å². The van der Waals surface area contributed by atoms with Crippen LogP contribution >= 0.6 is 0 Å². The Labute approximate surface area is 195 Å². The molecule has 3 rings (SSSR count). The Balaban J connectivity index is 1.96. The molecule has 2 atom stereocenters. The first-order chi connectivity index (χ1) is 16.3. The van der Waals surface area contributed by atoms with Crippen LogP contribution in [0, 0.1) is 0 Å². The summed E-state index contributed by atoms with van der Waals surface area (Å²) in [6.45, 7) is 1.44. The first kappa shape index (κ1) is 24.4. The molecule has 9 heteroatoms. The van der Waals surface area contributed by atoms with Crippen molar-refractivity contribution in [2.45, 2.75) is 19.1 Å². The minimum Gasteiger partial charge on any atom is -0.507 e. The number of carbonyl (C=O) groups excluding carboxylic acids is 3. The third kappa shape index (κ3) is 5.77. The fourth-order valence-corrected chi connectivity index (χ4v) is 3.44. The summed E-state index contributed by atoms with van der Waals surface area (Å²) in [5, 5.41) is 22.8. The zero-order valence-corrected chi connectivity index (χ0v) is 18.5. The molecule has 0 unspecified atom stereocenters. The van der Waals surface area contributed by atoms with Crippen LogP contribution in [0.4, 0.5) is 10.5 Å². The second-order valence-corrected chi connectivity index (χ2v) is 7.34. The highest BCUT2D eigenvalue weighted by Crippen LogP contribution is 2.35. The maximum absolute atomic E-state index is 12.8. The number of ether oxygens (including phenoxy) is 2. The van der Waals surface area contributed by atoms with Gasteiger partial charge in [-0.25, -0.2) is 10.3 Å². The average molecular weight is 464 g/mol. The molecule has 0 saturated carbocycles. The van der Waals surface area contributed by atoms with Crippen LogP contribution < -0.4 is 10.8 Å². The number of hydroxylamine groups is 1. The smallest absolute Gasteiger partial charge is 0.412 e. The van der Waals surface area contributed by atoms with Gasteiger partial charge in [0.15, 0.2) is 11.9 Å². The van der Waals surface area contributed by atoms with Gasteiger partial charge in [0.2, 0.25) is 0 Å². The lowest BCUT2D eigenvalue weighted by atomic mass is 9.96. The minimum atomic E-state index is -1.03. The molecule has 0 aliphatic carbocycles. The number of Topliss-reactive ketones (excluding diaryl/α,β-unsaturated/α-hetero) is 1. The van der Waals surface area contributed by atoms with Crippen molar-refractivity contribution in [3.63, 3.8) is 0 Å². The monoisotopic (exact) mass is 464 g/mol. The van der Waals surface area contributed by atoms with Gasteiger partial charge in [-0.2, -0.15) is 0 Å². The van der Waals surface area contributed by atoms with Crippen LogP contribution in [0.3, 0.4) is 0 Å². The van der Waals surface area contributed by atoms with Gasteiger partial charge < -0.3 is 14.6 Å². The Morgan fingerprint density at radius 2 is 1.65 bits per heavy atom. The molecule has 0 heterocycles. The molecule has 4 N–H and O–H groups in total. The molecular formula is C25H24N2O7. The van der Waals surface area contributed by atoms with Crippen LogP contribution in [0.1, 0.15) is 28.9 Å². The fraction of sp³-hybridized carbons (Fsp3) is 0.160. The minimum absolute atomic E-state index is 0.0530. The van der Waals surface area contributed by atoms with Gasteiger partial charge in [-0.05, 0) is 48.7 Å². The predicted octanol–water partition coefficient (Wildman–Crippen LogP) is 4.11. The van der Waals surface area contributed by atoms with Crippen LogP contribution in [-0.2, 0) is 14.3 Å². The average Bonchev–Trinajstić information content (AvgIpc) is 2.84. The molecule has 9 nitrogen and oxygen atoms in total. The lowest BCUT2D eigenvalue weighted by molar-refractivity contribution is -0.124. The lowest BCUT2D eigenvalue weighted by Crippen LogP contribution is -2.27. The van der Waals surface area contributed by atoms with E-state index in [1.807, 2.05) is 0 Å². The molecule has 0 saturated heterocycles. The summed E-state index contributed by atoms with van der Waals surface area (Å²) in [4.78, 5) is 35.7. The quantitative estimate of drug-likeness (QED) is 0.171. The van der Waals surface area contributed by atoms with Crippen molar-refractivity contribution in [3.8, 4) is 5.75 Å². The summed E-state index contributed by atoms with van der Waals surface area (Å²) < 4.78 is 11.2. The Morgan fingerprint density at radius 3 is 2.26 bits per heavy atom. The Kier molecular flexibility index (Phi) is 7.96. The molecule has 34 heavy (non-hydrogen) atoms. The standard InChI is InChI=1S/C25H24N2O7/c1-15(28)16-7-9-17(10-8-16)26-25(31)34-24(22(33-2)13-14-23(30)27-32)20-11-12-21(29)19-6-4-3-5-18(19)20/h3-14,22,24,29,32H,1-2H3,(H,26,31)(H,27,30)/b14-13+/t22-,24-/m0/s1. The number of methoxy groups -OCH3 is 1. The van der Waals surface area contributed by atoms with Gasteiger partial charge >= 0.3 is 6.09 Å². The molecule has 0 spiro atoms. The third-order valence-electron chi connectivity index (χ3n) is 5.13. The molecule has 0 aliphatic rings. The Morgan fingerprint density at radius 1 is 0.971 bits per heavy atom. The van der Waals surface area contributed by atoms with Gasteiger partial charge in [-0.1, -0.05) is 30.3 Å². The lowest BCUT2D eigenvalue weighted by Gasteiger charge is -2.25. The summed E-state index contributed by atoms with van der Waals surface area (Å²) in [5.41, 5.74) is 2.92. The first-order valence-corrected chi connectivity index (χ1v) is 10.3. The van der Waals surface area contributed by atoms with E-state index < -0.39 is 24.2 Å². The van der Waals surface area contributed by atoms with Crippen molar-refractivity contribution in [1.82, 2.24) is 5.48 Å². The molecule has 0 bridgehead atoms. The maximum Gasteiger partial charge on any atom is 0.412 e. The van der Waals surface area contributed by atoms with E-state index in [1.165, 1.54) is 31.7 Å². The number of hydrogen-bond donors (Lipinski definition) is 4. The van der Waals surface area contributed by atoms with E-state index >= 15 is 0 Å². The predicted molar refractivity (Wildman–Crippen MR) is 125 cm³/mol. The third-order valence-corrected chi connectivity index (χ3v) is 5.13. The topological polar surface area (TPSA) is 134 Å². The zero-order chi connectivity index (χ0) is 24.7. The van der Waals surface area contributed by atoms with Gasteiger partial charge in [0, 0.05) is 35.4 Å². The van der Waals surface area contributed by atoms with Crippen molar-refractivity contribution >= 4 is 34.2 Å². The number of nitrogens with one attached hydrogen (secondary N) is 2. The number of phenols is 1. The Hall–Kier alpha value is -4.21. The maximum atomic E-state index is 12.8. The van der Waals surface area contributed by atoms with Gasteiger partial charge in [-0.15, -0.1) is 0 Å². The highest BCUT2D eigenvalue weighted by Gasteiger charge is 2.28. The molecule has 0 aliphatic heterocycles. The molecule has 2 amide bonds. The first-order valence-electron chi connectivity index (χ1n) is 10.3. The number of benzene rings is 3. The summed E-state index contributed by atoms with van der Waals surface area (Å²) in [6, 6.07) is 16.4. The summed E-state index contributed by atoms with van der Waals surface area (Å²) in [6.07, 6.45) is -0.371. The largest absolute Gasteiger partial charge is 0.507 e. The van der Waals surface area contributed by atoms with Crippen LogP contribution in [0.25, 0.3) is 10.8 Å². The summed E-state index contributed by atoms with van der Waals surface area (Å²) >= 11 is 0. The number of ketones is 1. The number of amides is 2. The highest BCUT2D eigenvalue weighted by molar-refractivity contribution is 5.95. The van der Waals surface area contributed by atoms with Crippen molar-refractivity contribution in [2.24, 2.45) is 0 Å². The van der Waals surface area contributed by atoms with Crippen molar-refractivity contribution < 1.29 is 34.2 Å². The molecule has 3 aromatic carbocycles. The number of aromatic hydroxyl groups is 1. The van der Waals surface area contributed by atoms with Crippen LogP contribution in [0.15, 0.2) is 72.8 Å². The second-order valence-electron chi connectivity index (χ2n) is 7.34. The number of rotatable bonds is 8. The van der Waals surface area contributed by atoms with Crippen LogP contribution in [0.5, 0.6) is 5.75 Å². The van der Waals surface area contributed by atoms with E-state index in [1.54, 1.807) is 54.6 Å². The highest BCUT2D eigenvalue weighted by atomic mass is 16.6. The van der Waals surface area contributed by atoms with Crippen molar-refractivity contribution in [3.05, 3.63) is 83.9 Å². The molecule has 3 aromatic rings. The fourth-order valence-electron chi connectivity index (χ4n) is 3.44. The number of fused-ring (bicyclic) bond motifs is 1. The summed E-state index contributed by atoms with van der Waals surface area (Å²) in [5.74, 6) is -0.835. The van der Waals surface area contributed by atoms with Crippen LogP contribution in [-0.4, -0.2) is 41.3 Å². The molecular weight excluding hydrogens is 440 g/mol. The molecule has 176 valence electrons. The van der Waals surface area contributed by atoms with Gasteiger partial charge in [-0.3, -0.25) is 20.1 Å². The number of phenolic OH excluding ortho intramolecular Hbond substituents is 1. The van der Waals surface area contributed by atoms with Crippen molar-refractivity contribution in [1.29, 1.82) is 0 Å². The number of hydrogen-bond acceptors (Lipinski definition) is 7. The molecule has 0 radical (unpaired) electrons. The van der Waals surface area contributed by atoms with Crippen LogP contribution in [0.2, 0.25) is 0 Å². The SMILES string of the molecule is CO[C@@H](/C=C/C(=O)NO)[C@@H](OC(=O)Nc1ccc(C(C)=O)cc1)c1ccc(O)c2ccccc12.